The average molecular weight is 450 g/mol. The minimum atomic E-state index is -0.745. The Bertz CT molecular complexity index is 1200. The first-order valence-electron chi connectivity index (χ1n) is 10.6. The van der Waals surface area contributed by atoms with Gasteiger partial charge in [-0.3, -0.25) is 4.79 Å². The summed E-state index contributed by atoms with van der Waals surface area (Å²) in [6.45, 7) is 11.4. The number of fused-ring (bicyclic) bond motifs is 1. The number of carbonyl (C=O) groups is 1. The Morgan fingerprint density at radius 3 is 2.69 bits per heavy atom. The Kier molecular flexibility index (Phi) is 6.42. The predicted molar refractivity (Wildman–Crippen MR) is 127 cm³/mol. The van der Waals surface area contributed by atoms with Gasteiger partial charge in [0.1, 0.15) is 0 Å². The Labute approximate surface area is 191 Å². The topological polar surface area (TPSA) is 82.7 Å². The molecule has 0 unspecified atom stereocenters. The Balaban J connectivity index is 1.60. The van der Waals surface area contributed by atoms with Crippen LogP contribution in [0.5, 0.6) is 0 Å². The van der Waals surface area contributed by atoms with Crippen molar-refractivity contribution in [1.82, 2.24) is 10.2 Å². The molecule has 3 aromatic rings. The minimum Gasteiger partial charge on any atom is -0.481 e. The Morgan fingerprint density at radius 2 is 2.00 bits per heavy atom. The van der Waals surface area contributed by atoms with Crippen LogP contribution in [-0.4, -0.2) is 34.4 Å². The van der Waals surface area contributed by atoms with Gasteiger partial charge in [0.15, 0.2) is 17.3 Å². The summed E-state index contributed by atoms with van der Waals surface area (Å²) in [5, 5.41) is 23.8. The summed E-state index contributed by atoms with van der Waals surface area (Å²) in [6, 6.07) is 11.5. The molecule has 2 N–H and O–H groups in total. The molecule has 0 amide bonds. The number of carboxylic acid groups (broad SMARTS) is 1. The van der Waals surface area contributed by atoms with Crippen molar-refractivity contribution in [3.63, 3.8) is 0 Å². The first-order chi connectivity index (χ1) is 15.4. The molecular weight excluding hydrogens is 426 g/mol. The number of rotatable bonds is 6. The van der Waals surface area contributed by atoms with Crippen molar-refractivity contribution in [2.24, 2.45) is 5.92 Å². The molecule has 0 spiro atoms. The first-order valence-corrected chi connectivity index (χ1v) is 11.0. The van der Waals surface area contributed by atoms with Crippen molar-refractivity contribution in [3.05, 3.63) is 64.0 Å². The molecule has 1 saturated heterocycles. The normalized spacial score (nSPS) is 14.3. The summed E-state index contributed by atoms with van der Waals surface area (Å²) >= 11 is 6.25. The summed E-state index contributed by atoms with van der Waals surface area (Å²) in [5.41, 5.74) is 2.60. The van der Waals surface area contributed by atoms with E-state index in [1.807, 2.05) is 37.3 Å². The smallest absolute Gasteiger partial charge is 0.303 e. The van der Waals surface area contributed by atoms with Crippen molar-refractivity contribution in [2.75, 3.05) is 23.3 Å². The predicted octanol–water partition coefficient (Wildman–Crippen LogP) is 5.45. The second-order valence-corrected chi connectivity index (χ2v) is 8.59. The third-order valence-electron chi connectivity index (χ3n) is 5.95. The quantitative estimate of drug-likeness (QED) is 0.487. The van der Waals surface area contributed by atoms with Crippen LogP contribution in [0.3, 0.4) is 0 Å². The van der Waals surface area contributed by atoms with Crippen LogP contribution in [0.2, 0.25) is 5.02 Å². The maximum absolute atomic E-state index is 11.0. The number of nitrogens with one attached hydrogen (secondary N) is 1. The van der Waals surface area contributed by atoms with Gasteiger partial charge in [-0.15, -0.1) is 10.2 Å². The maximum Gasteiger partial charge on any atom is 0.303 e. The van der Waals surface area contributed by atoms with Crippen LogP contribution < -0.4 is 10.2 Å². The van der Waals surface area contributed by atoms with Gasteiger partial charge in [-0.05, 0) is 48.9 Å². The number of anilines is 2. The van der Waals surface area contributed by atoms with E-state index in [1.165, 1.54) is 0 Å². The van der Waals surface area contributed by atoms with E-state index >= 15 is 0 Å². The Hall–Kier alpha value is -3.37. The highest BCUT2D eigenvalue weighted by molar-refractivity contribution is 6.31. The molecule has 1 aliphatic heterocycles. The molecule has 1 aromatic heterocycles. The molecule has 4 rings (SSSR count). The van der Waals surface area contributed by atoms with Gasteiger partial charge in [0.25, 0.3) is 0 Å². The van der Waals surface area contributed by atoms with Crippen LogP contribution in [0.25, 0.3) is 15.6 Å². The van der Waals surface area contributed by atoms with Crippen molar-refractivity contribution in [3.8, 4) is 0 Å². The molecule has 7 nitrogen and oxygen atoms in total. The number of aliphatic carboxylic acids is 1. The number of aromatic nitrogens is 2. The molecule has 0 bridgehead atoms. The molecule has 164 valence electrons. The van der Waals surface area contributed by atoms with Gasteiger partial charge in [0, 0.05) is 41.9 Å². The number of hydrogen-bond acceptors (Lipinski definition) is 5. The highest BCUT2D eigenvalue weighted by atomic mass is 35.5. The summed E-state index contributed by atoms with van der Waals surface area (Å²) in [4.78, 5) is 16.7. The lowest BCUT2D eigenvalue weighted by Gasteiger charge is -2.32. The summed E-state index contributed by atoms with van der Waals surface area (Å²) < 4.78 is 0. The molecule has 0 aliphatic carbocycles. The number of carboxylic acids is 1. The fraction of sp³-hybridized carbons (Fsp3) is 0.333. The van der Waals surface area contributed by atoms with Crippen LogP contribution in [0.1, 0.15) is 30.4 Å². The van der Waals surface area contributed by atoms with E-state index in [2.05, 4.69) is 25.3 Å². The lowest BCUT2D eigenvalue weighted by atomic mass is 9.93. The average Bonchev–Trinajstić information content (AvgIpc) is 2.79. The Morgan fingerprint density at radius 1 is 1.22 bits per heavy atom. The third kappa shape index (κ3) is 4.76. The van der Waals surface area contributed by atoms with Gasteiger partial charge in [0.05, 0.1) is 6.57 Å². The molecule has 32 heavy (non-hydrogen) atoms. The zero-order valence-corrected chi connectivity index (χ0v) is 18.6. The lowest BCUT2D eigenvalue weighted by Crippen LogP contribution is -2.35. The molecule has 1 fully saturated rings. The zero-order chi connectivity index (χ0) is 22.7. The van der Waals surface area contributed by atoms with Gasteiger partial charge in [-0.25, -0.2) is 4.85 Å². The number of nitrogens with zero attached hydrogens (tertiary/aromatic N) is 4. The van der Waals surface area contributed by atoms with Crippen molar-refractivity contribution < 1.29 is 9.90 Å². The molecule has 8 heteroatoms. The number of halogens is 1. The fourth-order valence-corrected chi connectivity index (χ4v) is 4.29. The second kappa shape index (κ2) is 9.41. The van der Waals surface area contributed by atoms with Crippen molar-refractivity contribution in [1.29, 1.82) is 0 Å². The van der Waals surface area contributed by atoms with Crippen LogP contribution in [-0.2, 0) is 11.3 Å². The molecular formula is C24H24ClN5O2. The molecule has 2 aromatic carbocycles. The van der Waals surface area contributed by atoms with E-state index in [0.29, 0.717) is 18.1 Å². The van der Waals surface area contributed by atoms with Crippen LogP contribution in [0, 0.1) is 19.4 Å². The van der Waals surface area contributed by atoms with E-state index in [9.17, 15) is 4.79 Å². The molecule has 0 saturated carbocycles. The standard InChI is InChI=1S/C24H24ClN5O2/c1-15-3-4-17(11-21(15)25)14-27-23-20-13-18(26-2)5-6-19(20)24(29-28-23)30-9-7-16(8-10-30)12-22(31)32/h3-6,11,13,16H,7-10,12,14H2,1H3,(H,27,28)(H,31,32). The maximum atomic E-state index is 11.0. The summed E-state index contributed by atoms with van der Waals surface area (Å²) in [5.74, 6) is 0.838. The van der Waals surface area contributed by atoms with Crippen LogP contribution in [0.4, 0.5) is 17.3 Å². The van der Waals surface area contributed by atoms with Gasteiger partial charge < -0.3 is 15.3 Å². The SMILES string of the molecule is [C-]#[N+]c1ccc2c(N3CCC(CC(=O)O)CC3)nnc(NCc3ccc(C)c(Cl)c3)c2c1. The van der Waals surface area contributed by atoms with Gasteiger partial charge in [-0.1, -0.05) is 35.9 Å². The van der Waals surface area contributed by atoms with E-state index in [-0.39, 0.29) is 12.3 Å². The van der Waals surface area contributed by atoms with Gasteiger partial charge in [0.2, 0.25) is 0 Å². The largest absolute Gasteiger partial charge is 0.481 e. The number of hydrogen-bond donors (Lipinski definition) is 2. The lowest BCUT2D eigenvalue weighted by molar-refractivity contribution is -0.138. The summed E-state index contributed by atoms with van der Waals surface area (Å²) in [7, 11) is 0. The van der Waals surface area contributed by atoms with E-state index in [0.717, 1.165) is 58.7 Å². The van der Waals surface area contributed by atoms with Gasteiger partial charge >= 0.3 is 5.97 Å². The second-order valence-electron chi connectivity index (χ2n) is 8.18. The van der Waals surface area contributed by atoms with E-state index < -0.39 is 5.97 Å². The minimum absolute atomic E-state index is 0.193. The highest BCUT2D eigenvalue weighted by Gasteiger charge is 2.24. The molecule has 1 aliphatic rings. The zero-order valence-electron chi connectivity index (χ0n) is 17.8. The molecule has 0 radical (unpaired) electrons. The van der Waals surface area contributed by atoms with E-state index in [1.54, 1.807) is 6.07 Å². The van der Waals surface area contributed by atoms with Crippen LogP contribution in [0.15, 0.2) is 36.4 Å². The number of piperidine rings is 1. The fourth-order valence-electron chi connectivity index (χ4n) is 4.09. The third-order valence-corrected chi connectivity index (χ3v) is 6.35. The van der Waals surface area contributed by atoms with Crippen LogP contribution >= 0.6 is 11.6 Å². The number of aryl methyl sites for hydroxylation is 1. The first kappa shape index (κ1) is 21.8. The van der Waals surface area contributed by atoms with Crippen molar-refractivity contribution >= 4 is 45.7 Å². The highest BCUT2D eigenvalue weighted by Crippen LogP contribution is 2.34. The number of benzene rings is 2. The summed E-state index contributed by atoms with van der Waals surface area (Å²) in [6.07, 6.45) is 1.83. The van der Waals surface area contributed by atoms with E-state index in [4.69, 9.17) is 23.3 Å². The van der Waals surface area contributed by atoms with Gasteiger partial charge in [-0.2, -0.15) is 0 Å². The molecule has 0 atom stereocenters. The monoisotopic (exact) mass is 449 g/mol. The molecule has 2 heterocycles. The van der Waals surface area contributed by atoms with Crippen molar-refractivity contribution in [2.45, 2.75) is 32.7 Å².